The van der Waals surface area contributed by atoms with Crippen LogP contribution in [0, 0.1) is 0 Å². The molecule has 4 heteroatoms. The van der Waals surface area contributed by atoms with E-state index in [9.17, 15) is 14.7 Å². The molecule has 130 valence electrons. The highest BCUT2D eigenvalue weighted by Gasteiger charge is 2.20. The highest BCUT2D eigenvalue weighted by atomic mass is 16.5. The van der Waals surface area contributed by atoms with Crippen molar-refractivity contribution in [2.45, 2.75) is 77.2 Å². The quantitative estimate of drug-likeness (QED) is 0.463. The summed E-state index contributed by atoms with van der Waals surface area (Å²) >= 11 is 0. The summed E-state index contributed by atoms with van der Waals surface area (Å²) in [5.41, 5.74) is 2.06. The average Bonchev–Trinajstić information content (AvgIpc) is 2.91. The number of methoxy groups -OCH3 is 1. The van der Waals surface area contributed by atoms with Crippen molar-refractivity contribution in [2.24, 2.45) is 0 Å². The summed E-state index contributed by atoms with van der Waals surface area (Å²) in [6.07, 6.45) is 11.8. The van der Waals surface area contributed by atoms with E-state index in [2.05, 4.69) is 4.74 Å². The van der Waals surface area contributed by atoms with E-state index >= 15 is 0 Å². The van der Waals surface area contributed by atoms with E-state index in [-0.39, 0.29) is 11.8 Å². The number of aliphatic hydroxyl groups excluding tert-OH is 1. The summed E-state index contributed by atoms with van der Waals surface area (Å²) in [5.74, 6) is 0.124. The van der Waals surface area contributed by atoms with Gasteiger partial charge in [-0.05, 0) is 43.3 Å². The summed E-state index contributed by atoms with van der Waals surface area (Å²) < 4.78 is 4.61. The fourth-order valence-electron chi connectivity index (χ4n) is 2.78. The molecule has 0 heterocycles. The third kappa shape index (κ3) is 7.60. The Kier molecular flexibility index (Phi) is 9.53. The molecule has 1 atom stereocenters. The Morgan fingerprint density at radius 3 is 2.61 bits per heavy atom. The Morgan fingerprint density at radius 1 is 1.22 bits per heavy atom. The number of aliphatic hydroxyl groups is 1. The zero-order chi connectivity index (χ0) is 17.1. The van der Waals surface area contributed by atoms with Gasteiger partial charge in [-0.2, -0.15) is 0 Å². The molecule has 0 unspecified atom stereocenters. The van der Waals surface area contributed by atoms with Crippen LogP contribution in [0.2, 0.25) is 0 Å². The summed E-state index contributed by atoms with van der Waals surface area (Å²) in [7, 11) is 1.42. The second-order valence-corrected chi connectivity index (χ2v) is 6.11. The Labute approximate surface area is 139 Å². The lowest BCUT2D eigenvalue weighted by Gasteiger charge is -2.05. The standard InChI is InChI=1S/C19H30O4/c1-3-16(20)13-11-15-12-14-18(21)17(15)9-7-5-4-6-8-10-19(22)23-2/h11,13,16,20H,3-10,12,14H2,1-2H3/b13-11+/t16-/m0/s1. The van der Waals surface area contributed by atoms with Crippen LogP contribution in [-0.4, -0.2) is 30.1 Å². The largest absolute Gasteiger partial charge is 0.469 e. The van der Waals surface area contributed by atoms with Crippen molar-refractivity contribution in [2.75, 3.05) is 7.11 Å². The SMILES string of the molecule is CC[C@H](O)/C=C/C1=C(CCCCCCCC(=O)OC)C(=O)CC1. The molecule has 4 nitrogen and oxygen atoms in total. The maximum absolute atomic E-state index is 12.0. The number of rotatable bonds is 11. The van der Waals surface area contributed by atoms with Crippen LogP contribution in [-0.2, 0) is 14.3 Å². The zero-order valence-electron chi connectivity index (χ0n) is 14.5. The molecule has 0 fully saturated rings. The molecule has 0 amide bonds. The first-order valence-electron chi connectivity index (χ1n) is 8.76. The molecule has 1 aliphatic rings. The van der Waals surface area contributed by atoms with Gasteiger partial charge in [0.15, 0.2) is 5.78 Å². The summed E-state index contributed by atoms with van der Waals surface area (Å²) in [4.78, 5) is 23.0. The molecule has 0 bridgehead atoms. The molecule has 0 aromatic rings. The fraction of sp³-hybridized carbons (Fsp3) is 0.684. The number of Topliss-reactive ketones (excluding diaryl/α,β-unsaturated/α-hetero) is 1. The molecular weight excluding hydrogens is 292 g/mol. The topological polar surface area (TPSA) is 63.6 Å². The number of allylic oxidation sites excluding steroid dienone is 3. The van der Waals surface area contributed by atoms with Crippen LogP contribution in [0.3, 0.4) is 0 Å². The molecule has 0 aromatic heterocycles. The second kappa shape index (κ2) is 11.2. The number of ether oxygens (including phenoxy) is 1. The van der Waals surface area contributed by atoms with E-state index in [1.807, 2.05) is 13.0 Å². The van der Waals surface area contributed by atoms with Crippen LogP contribution < -0.4 is 0 Å². The number of unbranched alkanes of at least 4 members (excludes halogenated alkanes) is 4. The van der Waals surface area contributed by atoms with E-state index in [4.69, 9.17) is 0 Å². The van der Waals surface area contributed by atoms with Crippen LogP contribution >= 0.6 is 0 Å². The highest BCUT2D eigenvalue weighted by molar-refractivity contribution is 5.99. The van der Waals surface area contributed by atoms with E-state index in [1.54, 1.807) is 6.08 Å². The Hall–Kier alpha value is -1.42. The smallest absolute Gasteiger partial charge is 0.305 e. The summed E-state index contributed by atoms with van der Waals surface area (Å²) in [6, 6.07) is 0. The van der Waals surface area contributed by atoms with Crippen LogP contribution in [0.25, 0.3) is 0 Å². The van der Waals surface area contributed by atoms with Crippen LogP contribution in [0.15, 0.2) is 23.3 Å². The third-order valence-corrected chi connectivity index (χ3v) is 4.32. The number of hydrogen-bond acceptors (Lipinski definition) is 4. The van der Waals surface area contributed by atoms with Crippen molar-refractivity contribution in [3.8, 4) is 0 Å². The monoisotopic (exact) mass is 322 g/mol. The molecule has 1 N–H and O–H groups in total. The molecule has 0 aromatic carbocycles. The predicted octanol–water partition coefficient (Wildman–Crippen LogP) is 3.88. The van der Waals surface area contributed by atoms with Gasteiger partial charge in [0.05, 0.1) is 13.2 Å². The maximum Gasteiger partial charge on any atom is 0.305 e. The van der Waals surface area contributed by atoms with E-state index in [0.29, 0.717) is 19.3 Å². The van der Waals surface area contributed by atoms with Crippen molar-refractivity contribution in [3.63, 3.8) is 0 Å². The Morgan fingerprint density at radius 2 is 1.91 bits per heavy atom. The third-order valence-electron chi connectivity index (χ3n) is 4.32. The number of ketones is 1. The molecule has 0 saturated heterocycles. The molecule has 1 rings (SSSR count). The zero-order valence-corrected chi connectivity index (χ0v) is 14.5. The molecule has 23 heavy (non-hydrogen) atoms. The molecule has 0 saturated carbocycles. The predicted molar refractivity (Wildman–Crippen MR) is 91.0 cm³/mol. The Bertz CT molecular complexity index is 448. The fourth-order valence-corrected chi connectivity index (χ4v) is 2.78. The van der Waals surface area contributed by atoms with Crippen molar-refractivity contribution in [1.82, 2.24) is 0 Å². The lowest BCUT2D eigenvalue weighted by atomic mass is 10.0. The lowest BCUT2D eigenvalue weighted by molar-refractivity contribution is -0.140. The number of carbonyl (C=O) groups is 2. The van der Waals surface area contributed by atoms with Gasteiger partial charge in [0.25, 0.3) is 0 Å². The first-order chi connectivity index (χ1) is 11.1. The van der Waals surface area contributed by atoms with Crippen molar-refractivity contribution >= 4 is 11.8 Å². The second-order valence-electron chi connectivity index (χ2n) is 6.11. The van der Waals surface area contributed by atoms with Gasteiger partial charge in [-0.3, -0.25) is 9.59 Å². The minimum atomic E-state index is -0.422. The van der Waals surface area contributed by atoms with E-state index < -0.39 is 6.10 Å². The van der Waals surface area contributed by atoms with Crippen LogP contribution in [0.5, 0.6) is 0 Å². The van der Waals surface area contributed by atoms with Gasteiger partial charge in [0, 0.05) is 12.8 Å². The maximum atomic E-state index is 12.0. The lowest BCUT2D eigenvalue weighted by Crippen LogP contribution is -2.00. The first kappa shape index (κ1) is 19.6. The first-order valence-corrected chi connectivity index (χ1v) is 8.76. The van der Waals surface area contributed by atoms with Gasteiger partial charge >= 0.3 is 5.97 Å². The number of hydrogen-bond donors (Lipinski definition) is 1. The van der Waals surface area contributed by atoms with Crippen molar-refractivity contribution in [3.05, 3.63) is 23.3 Å². The van der Waals surface area contributed by atoms with Gasteiger partial charge in [0.2, 0.25) is 0 Å². The van der Waals surface area contributed by atoms with Gasteiger partial charge in [-0.25, -0.2) is 0 Å². The van der Waals surface area contributed by atoms with E-state index in [0.717, 1.165) is 56.1 Å². The van der Waals surface area contributed by atoms with Gasteiger partial charge in [0.1, 0.15) is 0 Å². The van der Waals surface area contributed by atoms with Crippen molar-refractivity contribution < 1.29 is 19.4 Å². The van der Waals surface area contributed by atoms with Crippen molar-refractivity contribution in [1.29, 1.82) is 0 Å². The van der Waals surface area contributed by atoms with E-state index in [1.165, 1.54) is 7.11 Å². The van der Waals surface area contributed by atoms with Crippen LogP contribution in [0.1, 0.15) is 71.1 Å². The summed E-state index contributed by atoms with van der Waals surface area (Å²) in [6.45, 7) is 1.93. The molecule has 0 radical (unpaired) electrons. The molecular formula is C19H30O4. The van der Waals surface area contributed by atoms with Gasteiger partial charge < -0.3 is 9.84 Å². The van der Waals surface area contributed by atoms with Gasteiger partial charge in [-0.15, -0.1) is 0 Å². The molecule has 0 spiro atoms. The minimum Gasteiger partial charge on any atom is -0.469 e. The Balaban J connectivity index is 2.29. The van der Waals surface area contributed by atoms with Crippen LogP contribution in [0.4, 0.5) is 0 Å². The average molecular weight is 322 g/mol. The number of carbonyl (C=O) groups excluding carboxylic acids is 2. The molecule has 1 aliphatic carbocycles. The number of esters is 1. The molecule has 0 aliphatic heterocycles. The normalized spacial score (nSPS) is 16.4. The minimum absolute atomic E-state index is 0.141. The highest BCUT2D eigenvalue weighted by Crippen LogP contribution is 2.28. The summed E-state index contributed by atoms with van der Waals surface area (Å²) in [5, 5.41) is 9.60. The van der Waals surface area contributed by atoms with Gasteiger partial charge in [-0.1, -0.05) is 38.3 Å².